The standard InChI is InChI=1S/C20H25NO3/c22-18-7-4-8-19(15-18)24-14-13-21-12-11-17(9-10-20(21)23)16-5-2-1-3-6-16/h1-3,5-6,15,17H,4,7-14H2. The second-order valence-corrected chi connectivity index (χ2v) is 6.59. The molecule has 0 bridgehead atoms. The highest BCUT2D eigenvalue weighted by Crippen LogP contribution is 2.28. The predicted molar refractivity (Wildman–Crippen MR) is 92.5 cm³/mol. The highest BCUT2D eigenvalue weighted by atomic mass is 16.5. The Morgan fingerprint density at radius 3 is 2.67 bits per heavy atom. The van der Waals surface area contributed by atoms with Crippen LogP contribution in [0.25, 0.3) is 0 Å². The predicted octanol–water partition coefficient (Wildman–Crippen LogP) is 3.44. The van der Waals surface area contributed by atoms with Crippen molar-refractivity contribution in [2.24, 2.45) is 0 Å². The molecule has 128 valence electrons. The van der Waals surface area contributed by atoms with Gasteiger partial charge in [0.1, 0.15) is 6.61 Å². The van der Waals surface area contributed by atoms with Crippen molar-refractivity contribution < 1.29 is 14.3 Å². The minimum atomic E-state index is 0.146. The average Bonchev–Trinajstić information content (AvgIpc) is 2.78. The number of ketones is 1. The lowest BCUT2D eigenvalue weighted by Crippen LogP contribution is -2.33. The third-order valence-corrected chi connectivity index (χ3v) is 4.89. The van der Waals surface area contributed by atoms with E-state index in [1.165, 1.54) is 5.56 Å². The molecule has 1 aromatic carbocycles. The van der Waals surface area contributed by atoms with Gasteiger partial charge < -0.3 is 9.64 Å². The Labute approximate surface area is 143 Å². The van der Waals surface area contributed by atoms with Crippen molar-refractivity contribution >= 4 is 11.7 Å². The van der Waals surface area contributed by atoms with Crippen LogP contribution in [0.1, 0.15) is 50.0 Å². The number of carbonyl (C=O) groups excluding carboxylic acids is 2. The van der Waals surface area contributed by atoms with Gasteiger partial charge in [0.05, 0.1) is 12.3 Å². The lowest BCUT2D eigenvalue weighted by atomic mass is 9.92. The number of carbonyl (C=O) groups is 2. The van der Waals surface area contributed by atoms with Gasteiger partial charge in [0.25, 0.3) is 0 Å². The van der Waals surface area contributed by atoms with Crippen molar-refractivity contribution in [3.05, 3.63) is 47.7 Å². The largest absolute Gasteiger partial charge is 0.496 e. The van der Waals surface area contributed by atoms with E-state index in [2.05, 4.69) is 24.3 Å². The fourth-order valence-corrected chi connectivity index (χ4v) is 3.49. The van der Waals surface area contributed by atoms with Gasteiger partial charge in [0.2, 0.25) is 5.91 Å². The first-order chi connectivity index (χ1) is 11.7. The maximum absolute atomic E-state index is 12.3. The van der Waals surface area contributed by atoms with E-state index >= 15 is 0 Å². The highest BCUT2D eigenvalue weighted by Gasteiger charge is 2.23. The van der Waals surface area contributed by atoms with Crippen molar-refractivity contribution in [3.8, 4) is 0 Å². The average molecular weight is 327 g/mol. The number of amides is 1. The molecule has 24 heavy (non-hydrogen) atoms. The zero-order valence-corrected chi connectivity index (χ0v) is 14.1. The van der Waals surface area contributed by atoms with Gasteiger partial charge in [-0.1, -0.05) is 30.3 Å². The summed E-state index contributed by atoms with van der Waals surface area (Å²) in [5, 5.41) is 0. The van der Waals surface area contributed by atoms with E-state index in [1.807, 2.05) is 11.0 Å². The number of hydrogen-bond acceptors (Lipinski definition) is 3. The third-order valence-electron chi connectivity index (χ3n) is 4.89. The van der Waals surface area contributed by atoms with Gasteiger partial charge in [0.15, 0.2) is 5.78 Å². The molecule has 1 amide bonds. The fourth-order valence-electron chi connectivity index (χ4n) is 3.49. The molecule has 4 heteroatoms. The number of nitrogens with zero attached hydrogens (tertiary/aromatic N) is 1. The highest BCUT2D eigenvalue weighted by molar-refractivity contribution is 5.90. The van der Waals surface area contributed by atoms with E-state index in [0.717, 1.165) is 38.0 Å². The quantitative estimate of drug-likeness (QED) is 0.832. The van der Waals surface area contributed by atoms with Crippen molar-refractivity contribution in [2.75, 3.05) is 19.7 Å². The maximum atomic E-state index is 12.3. The van der Waals surface area contributed by atoms with Crippen LogP contribution in [0.5, 0.6) is 0 Å². The summed E-state index contributed by atoms with van der Waals surface area (Å²) in [7, 11) is 0. The van der Waals surface area contributed by atoms with Crippen LogP contribution in [0.2, 0.25) is 0 Å². The van der Waals surface area contributed by atoms with Crippen LogP contribution >= 0.6 is 0 Å². The van der Waals surface area contributed by atoms with Crippen LogP contribution in [0.15, 0.2) is 42.2 Å². The topological polar surface area (TPSA) is 46.6 Å². The summed E-state index contributed by atoms with van der Waals surface area (Å²) in [5.74, 6) is 1.59. The van der Waals surface area contributed by atoms with E-state index in [4.69, 9.17) is 4.74 Å². The Morgan fingerprint density at radius 2 is 1.88 bits per heavy atom. The molecule has 1 fully saturated rings. The summed E-state index contributed by atoms with van der Waals surface area (Å²) in [5.41, 5.74) is 1.33. The number of ether oxygens (including phenoxy) is 1. The molecule has 0 radical (unpaired) electrons. The van der Waals surface area contributed by atoms with Crippen molar-refractivity contribution in [3.63, 3.8) is 0 Å². The van der Waals surface area contributed by atoms with Gasteiger partial charge in [-0.15, -0.1) is 0 Å². The van der Waals surface area contributed by atoms with Gasteiger partial charge in [-0.05, 0) is 30.7 Å². The van der Waals surface area contributed by atoms with E-state index in [0.29, 0.717) is 31.9 Å². The molecule has 0 aromatic heterocycles. The van der Waals surface area contributed by atoms with E-state index in [1.54, 1.807) is 6.08 Å². The molecule has 1 unspecified atom stereocenters. The number of rotatable bonds is 5. The maximum Gasteiger partial charge on any atom is 0.222 e. The molecular weight excluding hydrogens is 302 g/mol. The summed E-state index contributed by atoms with van der Waals surface area (Å²) in [4.78, 5) is 25.6. The normalized spacial score (nSPS) is 22.1. The SMILES string of the molecule is O=C1C=C(OCCN2CCC(c3ccccc3)CCC2=O)CCC1. The number of hydrogen-bond donors (Lipinski definition) is 0. The molecule has 1 aromatic rings. The lowest BCUT2D eigenvalue weighted by molar-refractivity contribution is -0.131. The Balaban J connectivity index is 1.49. The van der Waals surface area contributed by atoms with Gasteiger partial charge in [0, 0.05) is 31.9 Å². The minimum absolute atomic E-state index is 0.146. The first kappa shape index (κ1) is 16.7. The van der Waals surface area contributed by atoms with Crippen LogP contribution in [-0.4, -0.2) is 36.3 Å². The van der Waals surface area contributed by atoms with Crippen LogP contribution in [0, 0.1) is 0 Å². The second kappa shape index (κ2) is 8.13. The Morgan fingerprint density at radius 1 is 1.04 bits per heavy atom. The number of benzene rings is 1. The Bertz CT molecular complexity index is 609. The number of likely N-dealkylation sites (tertiary alicyclic amines) is 1. The molecule has 1 aliphatic heterocycles. The Hall–Kier alpha value is -2.10. The molecule has 0 saturated carbocycles. The molecule has 1 saturated heterocycles. The lowest BCUT2D eigenvalue weighted by Gasteiger charge is -2.22. The van der Waals surface area contributed by atoms with E-state index in [-0.39, 0.29) is 11.7 Å². The van der Waals surface area contributed by atoms with Crippen molar-refractivity contribution in [1.82, 2.24) is 4.90 Å². The molecule has 0 spiro atoms. The van der Waals surface area contributed by atoms with Crippen LogP contribution in [-0.2, 0) is 14.3 Å². The van der Waals surface area contributed by atoms with Gasteiger partial charge in [-0.25, -0.2) is 0 Å². The molecule has 1 heterocycles. The molecule has 1 atom stereocenters. The fraction of sp³-hybridized carbons (Fsp3) is 0.500. The zero-order valence-electron chi connectivity index (χ0n) is 14.1. The first-order valence-corrected chi connectivity index (χ1v) is 8.91. The van der Waals surface area contributed by atoms with Crippen molar-refractivity contribution in [2.45, 2.75) is 44.4 Å². The summed E-state index contributed by atoms with van der Waals surface area (Å²) in [6.45, 7) is 1.85. The van der Waals surface area contributed by atoms with Gasteiger partial charge >= 0.3 is 0 Å². The van der Waals surface area contributed by atoms with Crippen LogP contribution < -0.4 is 0 Å². The van der Waals surface area contributed by atoms with Gasteiger partial charge in [-0.2, -0.15) is 0 Å². The smallest absolute Gasteiger partial charge is 0.222 e. The summed E-state index contributed by atoms with van der Waals surface area (Å²) in [6, 6.07) is 10.5. The molecule has 1 aliphatic carbocycles. The zero-order chi connectivity index (χ0) is 16.8. The summed E-state index contributed by atoms with van der Waals surface area (Å²) >= 11 is 0. The molecule has 3 rings (SSSR count). The van der Waals surface area contributed by atoms with Gasteiger partial charge in [-0.3, -0.25) is 9.59 Å². The van der Waals surface area contributed by atoms with Crippen molar-refractivity contribution in [1.29, 1.82) is 0 Å². The monoisotopic (exact) mass is 327 g/mol. The molecule has 4 nitrogen and oxygen atoms in total. The Kier molecular flexibility index (Phi) is 5.68. The molecular formula is C20H25NO3. The molecule has 2 aliphatic rings. The number of allylic oxidation sites excluding steroid dienone is 2. The summed E-state index contributed by atoms with van der Waals surface area (Å²) < 4.78 is 5.70. The summed E-state index contributed by atoms with van der Waals surface area (Å²) in [6.07, 6.45) is 6.44. The first-order valence-electron chi connectivity index (χ1n) is 8.91. The third kappa shape index (κ3) is 4.47. The van der Waals surface area contributed by atoms with E-state index < -0.39 is 0 Å². The second-order valence-electron chi connectivity index (χ2n) is 6.59. The van der Waals surface area contributed by atoms with Crippen LogP contribution in [0.4, 0.5) is 0 Å². The molecule has 0 N–H and O–H groups in total. The minimum Gasteiger partial charge on any atom is -0.496 e. The van der Waals surface area contributed by atoms with E-state index in [9.17, 15) is 9.59 Å². The van der Waals surface area contributed by atoms with Crippen LogP contribution in [0.3, 0.4) is 0 Å².